The van der Waals surface area contributed by atoms with Crippen molar-refractivity contribution in [3.63, 3.8) is 0 Å². The highest BCUT2D eigenvalue weighted by molar-refractivity contribution is 7.89. The summed E-state index contributed by atoms with van der Waals surface area (Å²) in [6, 6.07) is 3.08. The Morgan fingerprint density at radius 2 is 2.00 bits per heavy atom. The molecule has 1 rings (SSSR count). The predicted molar refractivity (Wildman–Crippen MR) is 73.1 cm³/mol. The predicted octanol–water partition coefficient (Wildman–Crippen LogP) is -0.709. The van der Waals surface area contributed by atoms with Crippen LogP contribution >= 0.6 is 0 Å². The molecule has 0 fully saturated rings. The number of carbonyl (C=O) groups is 2. The zero-order chi connectivity index (χ0) is 16.0. The van der Waals surface area contributed by atoms with Crippen molar-refractivity contribution in [3.8, 4) is 0 Å². The maximum atomic E-state index is 11.6. The van der Waals surface area contributed by atoms with Gasteiger partial charge in [-0.25, -0.2) is 23.1 Å². The van der Waals surface area contributed by atoms with Gasteiger partial charge in [-0.05, 0) is 18.2 Å². The van der Waals surface area contributed by atoms with Crippen LogP contribution in [0.3, 0.4) is 0 Å². The van der Waals surface area contributed by atoms with E-state index < -0.39 is 34.7 Å². The van der Waals surface area contributed by atoms with E-state index in [4.69, 9.17) is 15.4 Å². The molecule has 10 heteroatoms. The third-order valence-electron chi connectivity index (χ3n) is 2.44. The first-order chi connectivity index (χ1) is 9.74. The number of anilines is 1. The Labute approximate surface area is 120 Å². The number of carboxylic acid groups (broad SMARTS) is 1. The molecule has 1 aromatic rings. The average Bonchev–Trinajstić information content (AvgIpc) is 2.37. The van der Waals surface area contributed by atoms with Crippen molar-refractivity contribution in [3.05, 3.63) is 24.3 Å². The SMILES string of the molecule is NS(=O)(=O)c1cccc(NC(=O)N[C@@H](CCO)C(=O)O)c1. The van der Waals surface area contributed by atoms with Gasteiger partial charge in [0, 0.05) is 18.7 Å². The number of hydrogen-bond donors (Lipinski definition) is 5. The molecule has 9 nitrogen and oxygen atoms in total. The van der Waals surface area contributed by atoms with Gasteiger partial charge < -0.3 is 20.8 Å². The van der Waals surface area contributed by atoms with Crippen molar-refractivity contribution in [2.24, 2.45) is 5.14 Å². The molecule has 0 bridgehead atoms. The van der Waals surface area contributed by atoms with Crippen LogP contribution in [0, 0.1) is 0 Å². The quantitative estimate of drug-likeness (QED) is 0.466. The lowest BCUT2D eigenvalue weighted by Crippen LogP contribution is -2.43. The molecule has 2 amide bonds. The lowest BCUT2D eigenvalue weighted by molar-refractivity contribution is -0.139. The number of urea groups is 1. The third kappa shape index (κ3) is 5.38. The van der Waals surface area contributed by atoms with Crippen LogP contribution in [0.2, 0.25) is 0 Å². The molecule has 21 heavy (non-hydrogen) atoms. The summed E-state index contributed by atoms with van der Waals surface area (Å²) in [4.78, 5) is 22.2. The Hall–Kier alpha value is -2.17. The topological polar surface area (TPSA) is 159 Å². The smallest absolute Gasteiger partial charge is 0.326 e. The zero-order valence-electron chi connectivity index (χ0n) is 10.8. The number of aliphatic hydroxyl groups is 1. The van der Waals surface area contributed by atoms with E-state index in [0.29, 0.717) is 0 Å². The third-order valence-corrected chi connectivity index (χ3v) is 3.35. The summed E-state index contributed by atoms with van der Waals surface area (Å²) in [5, 5.41) is 26.9. The number of rotatable bonds is 6. The van der Waals surface area contributed by atoms with Crippen LogP contribution in [0.25, 0.3) is 0 Å². The maximum Gasteiger partial charge on any atom is 0.326 e. The maximum absolute atomic E-state index is 11.6. The van der Waals surface area contributed by atoms with Crippen molar-refractivity contribution in [1.29, 1.82) is 0 Å². The number of aliphatic hydroxyl groups excluding tert-OH is 1. The molecule has 0 unspecified atom stereocenters. The van der Waals surface area contributed by atoms with E-state index in [1.54, 1.807) is 0 Å². The molecule has 0 aliphatic heterocycles. The molecule has 116 valence electrons. The second-order valence-electron chi connectivity index (χ2n) is 4.07. The monoisotopic (exact) mass is 317 g/mol. The number of nitrogens with one attached hydrogen (secondary N) is 2. The largest absolute Gasteiger partial charge is 0.480 e. The number of carboxylic acids is 1. The van der Waals surface area contributed by atoms with E-state index in [9.17, 15) is 18.0 Å². The number of amides is 2. The minimum Gasteiger partial charge on any atom is -0.480 e. The molecule has 1 aromatic carbocycles. The highest BCUT2D eigenvalue weighted by atomic mass is 32.2. The molecule has 0 saturated carbocycles. The van der Waals surface area contributed by atoms with Crippen LogP contribution in [-0.4, -0.2) is 43.3 Å². The molecule has 0 saturated heterocycles. The summed E-state index contributed by atoms with van der Waals surface area (Å²) in [5.74, 6) is -1.29. The Bertz CT molecular complexity index is 631. The molecule has 0 aliphatic carbocycles. The van der Waals surface area contributed by atoms with E-state index in [1.807, 2.05) is 0 Å². The van der Waals surface area contributed by atoms with Gasteiger partial charge in [0.05, 0.1) is 4.90 Å². The number of aliphatic carboxylic acids is 1. The number of carbonyl (C=O) groups excluding carboxylic acids is 1. The zero-order valence-corrected chi connectivity index (χ0v) is 11.6. The van der Waals surface area contributed by atoms with Crippen LogP contribution in [0.15, 0.2) is 29.2 Å². The molecule has 0 radical (unpaired) electrons. The summed E-state index contributed by atoms with van der Waals surface area (Å²) < 4.78 is 22.3. The van der Waals surface area contributed by atoms with E-state index in [1.165, 1.54) is 18.2 Å². The molecular formula is C11H15N3O6S. The number of primary sulfonamides is 1. The van der Waals surface area contributed by atoms with Gasteiger partial charge >= 0.3 is 12.0 Å². The van der Waals surface area contributed by atoms with Crippen molar-refractivity contribution >= 4 is 27.7 Å². The van der Waals surface area contributed by atoms with Crippen molar-refractivity contribution in [1.82, 2.24) is 5.32 Å². The van der Waals surface area contributed by atoms with Crippen molar-refractivity contribution in [2.75, 3.05) is 11.9 Å². The van der Waals surface area contributed by atoms with E-state index in [0.717, 1.165) is 6.07 Å². The van der Waals surface area contributed by atoms with Crippen LogP contribution in [0.4, 0.5) is 10.5 Å². The average molecular weight is 317 g/mol. The number of benzene rings is 1. The molecule has 0 spiro atoms. The highest BCUT2D eigenvalue weighted by Gasteiger charge is 2.19. The van der Waals surface area contributed by atoms with Crippen LogP contribution in [0.5, 0.6) is 0 Å². The number of nitrogens with two attached hydrogens (primary N) is 1. The van der Waals surface area contributed by atoms with Gasteiger partial charge in [-0.3, -0.25) is 0 Å². The fraction of sp³-hybridized carbons (Fsp3) is 0.273. The van der Waals surface area contributed by atoms with E-state index >= 15 is 0 Å². The Balaban J connectivity index is 2.77. The van der Waals surface area contributed by atoms with Gasteiger partial charge in [-0.15, -0.1) is 0 Å². The van der Waals surface area contributed by atoms with Crippen molar-refractivity contribution in [2.45, 2.75) is 17.4 Å². The Morgan fingerprint density at radius 3 is 2.52 bits per heavy atom. The van der Waals surface area contributed by atoms with E-state index in [2.05, 4.69) is 10.6 Å². The van der Waals surface area contributed by atoms with Gasteiger partial charge in [0.15, 0.2) is 0 Å². The van der Waals surface area contributed by atoms with E-state index in [-0.39, 0.29) is 17.0 Å². The van der Waals surface area contributed by atoms with Crippen molar-refractivity contribution < 1.29 is 28.2 Å². The molecule has 0 aromatic heterocycles. The second kappa shape index (κ2) is 7.02. The van der Waals surface area contributed by atoms with Gasteiger partial charge in [0.25, 0.3) is 0 Å². The fourth-order valence-electron chi connectivity index (χ4n) is 1.46. The molecule has 1 atom stereocenters. The standard InChI is InChI=1S/C11H15N3O6S/c12-21(19,20)8-3-1-2-7(6-8)13-11(18)14-9(4-5-15)10(16)17/h1-3,6,9,15H,4-5H2,(H,16,17)(H2,12,19,20)(H2,13,14,18)/t9-/m0/s1. The summed E-state index contributed by atoms with van der Waals surface area (Å²) in [6.07, 6.45) is -0.153. The van der Waals surface area contributed by atoms with Crippen LogP contribution < -0.4 is 15.8 Å². The van der Waals surface area contributed by atoms with Gasteiger partial charge in [-0.2, -0.15) is 0 Å². The second-order valence-corrected chi connectivity index (χ2v) is 5.64. The molecule has 0 heterocycles. The first-order valence-electron chi connectivity index (χ1n) is 5.78. The Kier molecular flexibility index (Phi) is 5.64. The first kappa shape index (κ1) is 16.9. The molecule has 6 N–H and O–H groups in total. The van der Waals surface area contributed by atoms with Crippen LogP contribution in [-0.2, 0) is 14.8 Å². The minimum absolute atomic E-state index is 0.132. The summed E-state index contributed by atoms with van der Waals surface area (Å²) in [6.45, 7) is -0.405. The lowest BCUT2D eigenvalue weighted by Gasteiger charge is -2.14. The normalized spacial score (nSPS) is 12.5. The fourth-order valence-corrected chi connectivity index (χ4v) is 2.02. The minimum atomic E-state index is -3.91. The summed E-state index contributed by atoms with van der Waals surface area (Å²) in [5.41, 5.74) is 0.132. The molecule has 0 aliphatic rings. The molecular weight excluding hydrogens is 302 g/mol. The number of hydrogen-bond acceptors (Lipinski definition) is 5. The first-order valence-corrected chi connectivity index (χ1v) is 7.32. The number of sulfonamides is 1. The lowest BCUT2D eigenvalue weighted by atomic mass is 10.2. The van der Waals surface area contributed by atoms with Gasteiger partial charge in [-0.1, -0.05) is 6.07 Å². The van der Waals surface area contributed by atoms with Crippen LogP contribution in [0.1, 0.15) is 6.42 Å². The summed E-state index contributed by atoms with van der Waals surface area (Å²) >= 11 is 0. The van der Waals surface area contributed by atoms with Gasteiger partial charge in [0.1, 0.15) is 6.04 Å². The summed E-state index contributed by atoms with van der Waals surface area (Å²) in [7, 11) is -3.91. The van der Waals surface area contributed by atoms with Gasteiger partial charge in [0.2, 0.25) is 10.0 Å². The highest BCUT2D eigenvalue weighted by Crippen LogP contribution is 2.13. The Morgan fingerprint density at radius 1 is 1.33 bits per heavy atom.